The van der Waals surface area contributed by atoms with Gasteiger partial charge in [0, 0.05) is 30.0 Å². The van der Waals surface area contributed by atoms with Crippen molar-refractivity contribution < 1.29 is 18.0 Å². The second kappa shape index (κ2) is 9.74. The number of carbonyl (C=O) groups is 2. The van der Waals surface area contributed by atoms with Crippen molar-refractivity contribution >= 4 is 44.8 Å². The van der Waals surface area contributed by atoms with Gasteiger partial charge in [0.25, 0.3) is 11.8 Å². The monoisotopic (exact) mass is 483 g/mol. The van der Waals surface area contributed by atoms with Crippen LogP contribution in [0, 0.1) is 0 Å². The topological polar surface area (TPSA) is 95.6 Å². The number of sulfonamides is 1. The normalized spacial score (nSPS) is 14.1. The average molecular weight is 484 g/mol. The maximum Gasteiger partial charge on any atom is 0.257 e. The Bertz CT molecular complexity index is 1270. The highest BCUT2D eigenvalue weighted by molar-refractivity contribution is 7.89. The van der Waals surface area contributed by atoms with Crippen molar-refractivity contribution in [3.05, 3.63) is 88.9 Å². The molecule has 170 valence electrons. The van der Waals surface area contributed by atoms with Crippen molar-refractivity contribution in [2.75, 3.05) is 23.7 Å². The largest absolute Gasteiger partial charge is 0.322 e. The van der Waals surface area contributed by atoms with Gasteiger partial charge in [0.15, 0.2) is 0 Å². The van der Waals surface area contributed by atoms with Crippen LogP contribution < -0.4 is 10.6 Å². The van der Waals surface area contributed by atoms with E-state index in [2.05, 4.69) is 10.6 Å². The number of amides is 2. The molecule has 0 spiro atoms. The molecule has 3 aromatic carbocycles. The lowest BCUT2D eigenvalue weighted by Gasteiger charge is -2.16. The molecule has 4 rings (SSSR count). The van der Waals surface area contributed by atoms with Gasteiger partial charge in [0.1, 0.15) is 0 Å². The smallest absolute Gasteiger partial charge is 0.257 e. The van der Waals surface area contributed by atoms with Gasteiger partial charge >= 0.3 is 0 Å². The first kappa shape index (κ1) is 23.0. The van der Waals surface area contributed by atoms with Gasteiger partial charge in [-0.1, -0.05) is 29.8 Å². The number of nitrogens with one attached hydrogen (secondary N) is 2. The first-order valence-electron chi connectivity index (χ1n) is 10.4. The Balaban J connectivity index is 1.46. The first-order chi connectivity index (χ1) is 15.8. The van der Waals surface area contributed by atoms with E-state index >= 15 is 0 Å². The zero-order valence-electron chi connectivity index (χ0n) is 17.6. The summed E-state index contributed by atoms with van der Waals surface area (Å²) in [7, 11) is -3.67. The van der Waals surface area contributed by atoms with E-state index in [0.29, 0.717) is 30.0 Å². The van der Waals surface area contributed by atoms with Crippen LogP contribution in [0.4, 0.5) is 11.4 Å². The number of benzene rings is 3. The summed E-state index contributed by atoms with van der Waals surface area (Å²) in [5.74, 6) is -0.769. The van der Waals surface area contributed by atoms with Gasteiger partial charge in [-0.2, -0.15) is 4.31 Å². The fourth-order valence-electron chi connectivity index (χ4n) is 3.54. The molecule has 1 aliphatic heterocycles. The molecule has 3 aromatic rings. The van der Waals surface area contributed by atoms with E-state index in [1.54, 1.807) is 48.5 Å². The van der Waals surface area contributed by atoms with Crippen molar-refractivity contribution in [1.29, 1.82) is 0 Å². The number of rotatable bonds is 6. The quantitative estimate of drug-likeness (QED) is 0.534. The minimum Gasteiger partial charge on any atom is -0.322 e. The second-order valence-electron chi connectivity index (χ2n) is 7.60. The molecule has 1 saturated heterocycles. The van der Waals surface area contributed by atoms with E-state index in [1.165, 1.54) is 22.5 Å². The summed E-state index contributed by atoms with van der Waals surface area (Å²) in [5.41, 5.74) is 1.65. The molecule has 0 aliphatic carbocycles. The van der Waals surface area contributed by atoms with E-state index in [9.17, 15) is 18.0 Å². The van der Waals surface area contributed by atoms with Gasteiger partial charge in [-0.15, -0.1) is 0 Å². The Labute approximate surface area is 197 Å². The van der Waals surface area contributed by atoms with Crippen LogP contribution in [0.3, 0.4) is 0 Å². The van der Waals surface area contributed by atoms with Crippen molar-refractivity contribution in [2.45, 2.75) is 17.7 Å². The van der Waals surface area contributed by atoms with Crippen LogP contribution in [0.25, 0.3) is 0 Å². The van der Waals surface area contributed by atoms with Crippen molar-refractivity contribution in [1.82, 2.24) is 4.31 Å². The molecule has 1 aliphatic rings. The van der Waals surface area contributed by atoms with Crippen LogP contribution in [-0.2, 0) is 10.0 Å². The molecule has 2 amide bonds. The number of anilines is 2. The number of hydrogen-bond donors (Lipinski definition) is 2. The third-order valence-electron chi connectivity index (χ3n) is 5.32. The average Bonchev–Trinajstić information content (AvgIpc) is 3.37. The fraction of sp³-hybridized carbons (Fsp3) is 0.167. The molecule has 0 atom stereocenters. The van der Waals surface area contributed by atoms with E-state index in [1.807, 2.05) is 6.07 Å². The van der Waals surface area contributed by atoms with Gasteiger partial charge in [-0.25, -0.2) is 8.42 Å². The van der Waals surface area contributed by atoms with E-state index in [-0.39, 0.29) is 21.4 Å². The highest BCUT2D eigenvalue weighted by atomic mass is 35.5. The van der Waals surface area contributed by atoms with Gasteiger partial charge < -0.3 is 10.6 Å². The predicted octanol–water partition coefficient (Wildman–Crippen LogP) is 4.63. The molecule has 2 N–H and O–H groups in total. The van der Waals surface area contributed by atoms with Gasteiger partial charge in [-0.3, -0.25) is 9.59 Å². The Morgan fingerprint density at radius 3 is 1.97 bits per heavy atom. The summed E-state index contributed by atoms with van der Waals surface area (Å²) < 4.78 is 27.1. The van der Waals surface area contributed by atoms with Crippen LogP contribution in [-0.4, -0.2) is 37.6 Å². The van der Waals surface area contributed by atoms with Crippen molar-refractivity contribution in [3.63, 3.8) is 0 Å². The highest BCUT2D eigenvalue weighted by Gasteiger charge is 2.28. The molecule has 9 heteroatoms. The van der Waals surface area contributed by atoms with Crippen molar-refractivity contribution in [3.8, 4) is 0 Å². The molecule has 33 heavy (non-hydrogen) atoms. The molecule has 7 nitrogen and oxygen atoms in total. The van der Waals surface area contributed by atoms with Gasteiger partial charge in [-0.05, 0) is 67.4 Å². The Morgan fingerprint density at radius 2 is 1.36 bits per heavy atom. The lowest BCUT2D eigenvalue weighted by atomic mass is 10.2. The summed E-state index contributed by atoms with van der Waals surface area (Å²) in [6.07, 6.45) is 1.64. The SMILES string of the molecule is O=C(Nc1ccc(NC(=O)c2cc(S(=O)(=O)N3CCCC3)ccc2Cl)cc1)c1ccccc1. The Morgan fingerprint density at radius 1 is 0.788 bits per heavy atom. The molecular weight excluding hydrogens is 462 g/mol. The summed E-state index contributed by atoms with van der Waals surface area (Å²) in [6.45, 7) is 0.944. The molecule has 0 radical (unpaired) electrons. The lowest BCUT2D eigenvalue weighted by Crippen LogP contribution is -2.28. The number of halogens is 1. The summed E-state index contributed by atoms with van der Waals surface area (Å²) >= 11 is 6.19. The molecule has 0 saturated carbocycles. The van der Waals surface area contributed by atoms with Crippen LogP contribution in [0.5, 0.6) is 0 Å². The molecule has 1 fully saturated rings. The lowest BCUT2D eigenvalue weighted by molar-refractivity contribution is 0.101. The zero-order valence-corrected chi connectivity index (χ0v) is 19.2. The van der Waals surface area contributed by atoms with Gasteiger partial charge in [0.05, 0.1) is 15.5 Å². The molecule has 0 aromatic heterocycles. The standard InChI is InChI=1S/C24H22ClN3O4S/c25-22-13-12-20(33(31,32)28-14-4-5-15-28)16-21(22)24(30)27-19-10-8-18(9-11-19)26-23(29)17-6-2-1-3-7-17/h1-3,6-13,16H,4-5,14-15H2,(H,26,29)(H,27,30). The highest BCUT2D eigenvalue weighted by Crippen LogP contribution is 2.26. The van der Waals surface area contributed by atoms with E-state index in [0.717, 1.165) is 12.8 Å². The minimum absolute atomic E-state index is 0.0397. The summed E-state index contributed by atoms with van der Waals surface area (Å²) in [5, 5.41) is 5.65. The molecular formula is C24H22ClN3O4S. The van der Waals surface area contributed by atoms with Gasteiger partial charge in [0.2, 0.25) is 10.0 Å². The van der Waals surface area contributed by atoms with Crippen LogP contribution in [0.1, 0.15) is 33.6 Å². The predicted molar refractivity (Wildman–Crippen MR) is 128 cm³/mol. The summed E-state index contributed by atoms with van der Waals surface area (Å²) in [4.78, 5) is 25.1. The van der Waals surface area contributed by atoms with E-state index < -0.39 is 15.9 Å². The van der Waals surface area contributed by atoms with Crippen LogP contribution >= 0.6 is 11.6 Å². The number of nitrogens with zero attached hydrogens (tertiary/aromatic N) is 1. The van der Waals surface area contributed by atoms with Crippen LogP contribution in [0.15, 0.2) is 77.7 Å². The number of hydrogen-bond acceptors (Lipinski definition) is 4. The van der Waals surface area contributed by atoms with Crippen LogP contribution in [0.2, 0.25) is 5.02 Å². The minimum atomic E-state index is -3.67. The Hall–Kier alpha value is -3.20. The van der Waals surface area contributed by atoms with E-state index in [4.69, 9.17) is 11.6 Å². The maximum atomic E-state index is 12.8. The third-order valence-corrected chi connectivity index (χ3v) is 7.55. The fourth-order valence-corrected chi connectivity index (χ4v) is 5.29. The molecule has 0 unspecified atom stereocenters. The number of carbonyl (C=O) groups excluding carboxylic acids is 2. The molecule has 1 heterocycles. The maximum absolute atomic E-state index is 12.8. The Kier molecular flexibility index (Phi) is 6.78. The second-order valence-corrected chi connectivity index (χ2v) is 9.95. The zero-order chi connectivity index (χ0) is 23.4. The summed E-state index contributed by atoms with van der Waals surface area (Å²) in [6, 6.07) is 19.6. The first-order valence-corrected chi connectivity index (χ1v) is 12.2. The third kappa shape index (κ3) is 5.24. The van der Waals surface area contributed by atoms with Crippen molar-refractivity contribution in [2.24, 2.45) is 0 Å². The molecule has 0 bridgehead atoms.